The van der Waals surface area contributed by atoms with E-state index in [2.05, 4.69) is 32.7 Å². The minimum Gasteiger partial charge on any atom is -0.497 e. The fourth-order valence-corrected chi connectivity index (χ4v) is 3.56. The summed E-state index contributed by atoms with van der Waals surface area (Å²) in [7, 11) is 3.52. The van der Waals surface area contributed by atoms with Gasteiger partial charge in [0.25, 0.3) is 0 Å². The maximum atomic E-state index is 5.36. The lowest BCUT2D eigenvalue weighted by atomic mass is 9.96. The van der Waals surface area contributed by atoms with E-state index in [1.807, 2.05) is 31.3 Å². The molecule has 0 saturated carbocycles. The fourth-order valence-electron chi connectivity index (χ4n) is 3.56. The molecule has 0 atom stereocenters. The number of aliphatic imine (C=N–C) groups is 1. The summed E-state index contributed by atoms with van der Waals surface area (Å²) >= 11 is 0. The molecule has 1 fully saturated rings. The van der Waals surface area contributed by atoms with Gasteiger partial charge in [-0.15, -0.1) is 24.0 Å². The molecule has 0 aliphatic carbocycles. The van der Waals surface area contributed by atoms with E-state index in [0.29, 0.717) is 5.92 Å². The summed E-state index contributed by atoms with van der Waals surface area (Å²) in [6.45, 7) is 5.08. The van der Waals surface area contributed by atoms with E-state index in [-0.39, 0.29) is 24.0 Å². The maximum Gasteiger partial charge on any atom is 0.190 e. The third-order valence-electron chi connectivity index (χ3n) is 5.30. The largest absolute Gasteiger partial charge is 0.497 e. The summed E-state index contributed by atoms with van der Waals surface area (Å²) in [5.41, 5.74) is 1.35. The zero-order chi connectivity index (χ0) is 19.6. The van der Waals surface area contributed by atoms with Gasteiger partial charge in [0, 0.05) is 33.1 Å². The van der Waals surface area contributed by atoms with Crippen molar-refractivity contribution in [1.29, 1.82) is 0 Å². The molecule has 1 aromatic carbocycles. The number of piperidine rings is 1. The van der Waals surface area contributed by atoms with Gasteiger partial charge in [0.2, 0.25) is 0 Å². The average molecular weight is 512 g/mol. The van der Waals surface area contributed by atoms with Gasteiger partial charge in [0.15, 0.2) is 5.96 Å². The second kappa shape index (κ2) is 12.7. The second-order valence-corrected chi connectivity index (χ2v) is 7.28. The van der Waals surface area contributed by atoms with Crippen LogP contribution < -0.4 is 15.4 Å². The third-order valence-corrected chi connectivity index (χ3v) is 5.30. The normalized spacial score (nSPS) is 15.6. The molecule has 0 unspecified atom stereocenters. The standard InChI is InChI=1S/C22H32N4O2.HI/c1-23-22(24-12-9-21-4-3-15-28-21)25-16-18-10-13-26(14-11-18)17-19-5-7-20(27-2)8-6-19;/h3-8,15,18H,9-14,16-17H2,1-2H3,(H2,23,24,25);1H. The molecule has 0 spiro atoms. The number of ether oxygens (including phenoxy) is 1. The Morgan fingerprint density at radius 3 is 2.55 bits per heavy atom. The lowest BCUT2D eigenvalue weighted by Crippen LogP contribution is -2.43. The Balaban J connectivity index is 0.00000300. The lowest BCUT2D eigenvalue weighted by Gasteiger charge is -2.32. The Morgan fingerprint density at radius 2 is 1.93 bits per heavy atom. The van der Waals surface area contributed by atoms with Gasteiger partial charge >= 0.3 is 0 Å². The van der Waals surface area contributed by atoms with Crippen molar-refractivity contribution < 1.29 is 9.15 Å². The molecule has 1 aliphatic rings. The van der Waals surface area contributed by atoms with Crippen molar-refractivity contribution in [3.05, 3.63) is 54.0 Å². The summed E-state index contributed by atoms with van der Waals surface area (Å²) in [6.07, 6.45) is 5.00. The van der Waals surface area contributed by atoms with E-state index in [1.54, 1.807) is 13.4 Å². The lowest BCUT2D eigenvalue weighted by molar-refractivity contribution is 0.178. The van der Waals surface area contributed by atoms with E-state index < -0.39 is 0 Å². The van der Waals surface area contributed by atoms with E-state index in [0.717, 1.165) is 56.6 Å². The molecule has 2 heterocycles. The average Bonchev–Trinajstić information content (AvgIpc) is 3.26. The third kappa shape index (κ3) is 7.89. The molecule has 2 N–H and O–H groups in total. The minimum atomic E-state index is 0. The molecule has 1 aliphatic heterocycles. The molecule has 0 amide bonds. The highest BCUT2D eigenvalue weighted by atomic mass is 127. The second-order valence-electron chi connectivity index (χ2n) is 7.28. The highest BCUT2D eigenvalue weighted by Gasteiger charge is 2.19. The molecular weight excluding hydrogens is 479 g/mol. The van der Waals surface area contributed by atoms with Gasteiger partial charge in [0.1, 0.15) is 11.5 Å². The first-order chi connectivity index (χ1) is 13.8. The highest BCUT2D eigenvalue weighted by molar-refractivity contribution is 14.0. The SMILES string of the molecule is CN=C(NCCc1ccco1)NCC1CCN(Cc2ccc(OC)cc2)CC1.I. The van der Waals surface area contributed by atoms with Crippen LogP contribution in [0.3, 0.4) is 0 Å². The summed E-state index contributed by atoms with van der Waals surface area (Å²) < 4.78 is 10.6. The van der Waals surface area contributed by atoms with Gasteiger partial charge in [0.05, 0.1) is 13.4 Å². The summed E-state index contributed by atoms with van der Waals surface area (Å²) in [6, 6.07) is 12.3. The van der Waals surface area contributed by atoms with Gasteiger partial charge in [-0.05, 0) is 61.7 Å². The monoisotopic (exact) mass is 512 g/mol. The molecule has 0 bridgehead atoms. The predicted molar refractivity (Wildman–Crippen MR) is 128 cm³/mol. The maximum absolute atomic E-state index is 5.36. The Kier molecular flexibility index (Phi) is 10.3. The van der Waals surface area contributed by atoms with Gasteiger partial charge in [-0.1, -0.05) is 12.1 Å². The van der Waals surface area contributed by atoms with Gasteiger partial charge < -0.3 is 19.8 Å². The van der Waals surface area contributed by atoms with Crippen molar-refractivity contribution in [3.63, 3.8) is 0 Å². The first-order valence-electron chi connectivity index (χ1n) is 10.1. The van der Waals surface area contributed by atoms with Gasteiger partial charge in [-0.3, -0.25) is 9.89 Å². The molecule has 2 aromatic rings. The number of halogens is 1. The Morgan fingerprint density at radius 1 is 1.17 bits per heavy atom. The molecule has 160 valence electrons. The van der Waals surface area contributed by atoms with Crippen LogP contribution in [0.5, 0.6) is 5.75 Å². The summed E-state index contributed by atoms with van der Waals surface area (Å²) in [5, 5.41) is 6.83. The van der Waals surface area contributed by atoms with Crippen LogP contribution >= 0.6 is 24.0 Å². The number of rotatable bonds is 8. The first kappa shape index (κ1) is 23.5. The van der Waals surface area contributed by atoms with Crippen molar-refractivity contribution in [1.82, 2.24) is 15.5 Å². The van der Waals surface area contributed by atoms with E-state index in [4.69, 9.17) is 9.15 Å². The van der Waals surface area contributed by atoms with Crippen LogP contribution in [0.15, 0.2) is 52.1 Å². The van der Waals surface area contributed by atoms with Crippen LogP contribution in [0.25, 0.3) is 0 Å². The first-order valence-corrected chi connectivity index (χ1v) is 10.1. The summed E-state index contributed by atoms with van der Waals surface area (Å²) in [4.78, 5) is 6.86. The van der Waals surface area contributed by atoms with Gasteiger partial charge in [-0.25, -0.2) is 0 Å². The molecule has 1 saturated heterocycles. The number of guanidine groups is 1. The molecule has 29 heavy (non-hydrogen) atoms. The minimum absolute atomic E-state index is 0. The Bertz CT molecular complexity index is 711. The van der Waals surface area contributed by atoms with Crippen LogP contribution in [0.4, 0.5) is 0 Å². The molecule has 6 nitrogen and oxygen atoms in total. The van der Waals surface area contributed by atoms with Crippen LogP contribution in [0, 0.1) is 5.92 Å². The van der Waals surface area contributed by atoms with Crippen LogP contribution in [-0.2, 0) is 13.0 Å². The smallest absolute Gasteiger partial charge is 0.190 e. The van der Waals surface area contributed by atoms with Crippen LogP contribution in [0.2, 0.25) is 0 Å². The van der Waals surface area contributed by atoms with Crippen molar-refractivity contribution >= 4 is 29.9 Å². The van der Waals surface area contributed by atoms with Crippen LogP contribution in [0.1, 0.15) is 24.2 Å². The summed E-state index contributed by atoms with van der Waals surface area (Å²) in [5.74, 6) is 3.47. The molecule has 3 rings (SSSR count). The number of furan rings is 1. The molecular formula is C22H33IN4O2. The van der Waals surface area contributed by atoms with E-state index in [1.165, 1.54) is 18.4 Å². The number of methoxy groups -OCH3 is 1. The van der Waals surface area contributed by atoms with Crippen molar-refractivity contribution in [2.24, 2.45) is 10.9 Å². The fraction of sp³-hybridized carbons (Fsp3) is 0.500. The van der Waals surface area contributed by atoms with E-state index in [9.17, 15) is 0 Å². The topological polar surface area (TPSA) is 62.0 Å². The van der Waals surface area contributed by atoms with Crippen LogP contribution in [-0.4, -0.2) is 51.2 Å². The Labute approximate surface area is 191 Å². The number of benzene rings is 1. The number of nitrogens with one attached hydrogen (secondary N) is 2. The molecule has 0 radical (unpaired) electrons. The van der Waals surface area contributed by atoms with E-state index >= 15 is 0 Å². The number of likely N-dealkylation sites (tertiary alicyclic amines) is 1. The highest BCUT2D eigenvalue weighted by Crippen LogP contribution is 2.19. The number of hydrogen-bond acceptors (Lipinski definition) is 4. The quantitative estimate of drug-likeness (QED) is 0.322. The molecule has 1 aromatic heterocycles. The zero-order valence-corrected chi connectivity index (χ0v) is 19.7. The Hall–Kier alpha value is -1.74. The predicted octanol–water partition coefficient (Wildman–Crippen LogP) is 3.53. The van der Waals surface area contributed by atoms with Gasteiger partial charge in [-0.2, -0.15) is 0 Å². The van der Waals surface area contributed by atoms with Crippen molar-refractivity contribution in [2.75, 3.05) is 40.3 Å². The number of nitrogens with zero attached hydrogens (tertiary/aromatic N) is 2. The molecule has 7 heteroatoms. The number of hydrogen-bond donors (Lipinski definition) is 2. The zero-order valence-electron chi connectivity index (χ0n) is 17.4. The van der Waals surface area contributed by atoms with Crippen molar-refractivity contribution in [2.45, 2.75) is 25.8 Å². The van der Waals surface area contributed by atoms with Crippen molar-refractivity contribution in [3.8, 4) is 5.75 Å².